The fourth-order valence-corrected chi connectivity index (χ4v) is 6.76. The predicted octanol–water partition coefficient (Wildman–Crippen LogP) is 5.29. The second-order valence-electron chi connectivity index (χ2n) is 8.78. The number of nitrogens with zero attached hydrogens (tertiary/aromatic N) is 1. The lowest BCUT2D eigenvalue weighted by atomic mass is 10.0. The van der Waals surface area contributed by atoms with Crippen LogP contribution in [0.1, 0.15) is 39.2 Å². The molecule has 1 aliphatic rings. The monoisotopic (exact) mass is 571 g/mol. The fourth-order valence-electron chi connectivity index (χ4n) is 4.01. The molecule has 0 spiro atoms. The highest BCUT2D eigenvalue weighted by Gasteiger charge is 2.30. The van der Waals surface area contributed by atoms with Gasteiger partial charge in [0.1, 0.15) is 4.21 Å². The Bertz CT molecular complexity index is 1320. The number of halogens is 4. The summed E-state index contributed by atoms with van der Waals surface area (Å²) in [6.07, 6.45) is -3.17. The molecule has 1 aliphatic heterocycles. The van der Waals surface area contributed by atoms with E-state index in [2.05, 4.69) is 14.9 Å². The molecule has 12 heteroatoms. The largest absolute Gasteiger partial charge is 0.416 e. The predicted molar refractivity (Wildman–Crippen MR) is 137 cm³/mol. The number of piperidine rings is 1. The highest BCUT2D eigenvalue weighted by atomic mass is 35.5. The first-order valence-electron chi connectivity index (χ1n) is 11.5. The van der Waals surface area contributed by atoms with Crippen molar-refractivity contribution in [2.24, 2.45) is 0 Å². The maximum Gasteiger partial charge on any atom is 0.416 e. The fraction of sp³-hybridized carbons (Fsp3) is 0.320. The summed E-state index contributed by atoms with van der Waals surface area (Å²) in [6.45, 7) is 1.96. The van der Waals surface area contributed by atoms with Gasteiger partial charge in [-0.25, -0.2) is 13.1 Å². The number of hydrogen-bond donors (Lipinski definition) is 2. The molecular formula is C25H25ClF3N3O3S2. The summed E-state index contributed by atoms with van der Waals surface area (Å²) in [5, 5.41) is 3.30. The van der Waals surface area contributed by atoms with Crippen molar-refractivity contribution in [3.63, 3.8) is 0 Å². The molecule has 4 rings (SSSR count). The van der Waals surface area contributed by atoms with E-state index >= 15 is 0 Å². The smallest absolute Gasteiger partial charge is 0.347 e. The Hall–Kier alpha value is -2.44. The van der Waals surface area contributed by atoms with Crippen molar-refractivity contribution in [1.29, 1.82) is 0 Å². The number of carbonyl (C=O) groups excluding carboxylic acids is 1. The SMILES string of the molecule is O=C(NCc1ccc(S(=O)(=O)NC2CCN(Cc3ccc(C(F)(F)F)cc3)CC2)s1)c1ccc(Cl)cc1. The number of sulfonamides is 1. The highest BCUT2D eigenvalue weighted by Crippen LogP contribution is 2.29. The molecule has 0 unspecified atom stereocenters. The van der Waals surface area contributed by atoms with Crippen molar-refractivity contribution in [1.82, 2.24) is 14.9 Å². The molecule has 0 aliphatic carbocycles. The Labute approximate surface area is 222 Å². The van der Waals surface area contributed by atoms with E-state index in [9.17, 15) is 26.4 Å². The molecule has 0 atom stereocenters. The van der Waals surface area contributed by atoms with Gasteiger partial charge in [0.05, 0.1) is 12.1 Å². The second kappa shape index (κ2) is 11.5. The van der Waals surface area contributed by atoms with Gasteiger partial charge in [-0.2, -0.15) is 13.2 Å². The maximum atomic E-state index is 12.9. The van der Waals surface area contributed by atoms with Crippen LogP contribution in [-0.2, 0) is 29.3 Å². The van der Waals surface area contributed by atoms with Crippen LogP contribution in [0.2, 0.25) is 5.02 Å². The number of nitrogens with one attached hydrogen (secondary N) is 2. The third-order valence-electron chi connectivity index (χ3n) is 6.03. The minimum atomic E-state index is -4.36. The number of likely N-dealkylation sites (tertiary alicyclic amines) is 1. The van der Waals surface area contributed by atoms with Crippen LogP contribution in [0.4, 0.5) is 13.2 Å². The minimum absolute atomic E-state index is 0.176. The number of hydrogen-bond acceptors (Lipinski definition) is 5. The number of thiophene rings is 1. The first-order valence-corrected chi connectivity index (χ1v) is 14.2. The molecule has 198 valence electrons. The average molecular weight is 572 g/mol. The Kier molecular flexibility index (Phi) is 8.59. The third kappa shape index (κ3) is 7.55. The van der Waals surface area contributed by atoms with E-state index in [-0.39, 0.29) is 22.7 Å². The summed E-state index contributed by atoms with van der Waals surface area (Å²) in [5.41, 5.74) is 0.562. The summed E-state index contributed by atoms with van der Waals surface area (Å²) in [6, 6.07) is 14.5. The van der Waals surface area contributed by atoms with Crippen molar-refractivity contribution < 1.29 is 26.4 Å². The number of amides is 1. The number of alkyl halides is 3. The van der Waals surface area contributed by atoms with Crippen LogP contribution in [0.25, 0.3) is 0 Å². The van der Waals surface area contributed by atoms with E-state index in [1.807, 2.05) is 0 Å². The van der Waals surface area contributed by atoms with E-state index in [4.69, 9.17) is 11.6 Å². The summed E-state index contributed by atoms with van der Waals surface area (Å²) in [4.78, 5) is 15.1. The molecule has 3 aromatic rings. The summed E-state index contributed by atoms with van der Waals surface area (Å²) >= 11 is 6.93. The Balaban J connectivity index is 1.25. The van der Waals surface area contributed by atoms with Gasteiger partial charge in [0.2, 0.25) is 10.0 Å². The van der Waals surface area contributed by atoms with E-state index < -0.39 is 21.8 Å². The summed E-state index contributed by atoms with van der Waals surface area (Å²) < 4.78 is 66.9. The quantitative estimate of drug-likeness (QED) is 0.385. The van der Waals surface area contributed by atoms with Crippen LogP contribution in [0.5, 0.6) is 0 Å². The maximum absolute atomic E-state index is 12.9. The standard InChI is InChI=1S/C25H25ClF3N3O3S2/c26-20-7-3-18(4-8-20)24(33)30-15-22-9-10-23(36-22)37(34,35)31-21-11-13-32(14-12-21)16-17-1-5-19(6-2-17)25(27,28)29/h1-10,21,31H,11-16H2,(H,30,33). The second-order valence-corrected chi connectivity index (χ2v) is 12.3. The van der Waals surface area contributed by atoms with Gasteiger partial charge >= 0.3 is 6.18 Å². The van der Waals surface area contributed by atoms with Gasteiger partial charge in [0.15, 0.2) is 0 Å². The Morgan fingerprint density at radius 3 is 2.27 bits per heavy atom. The summed E-state index contributed by atoms with van der Waals surface area (Å²) in [5.74, 6) is -0.282. The lowest BCUT2D eigenvalue weighted by Gasteiger charge is -2.32. The first kappa shape index (κ1) is 27.6. The van der Waals surface area contributed by atoms with Crippen LogP contribution in [0.3, 0.4) is 0 Å². The molecular weight excluding hydrogens is 547 g/mol. The van der Waals surface area contributed by atoms with E-state index in [1.165, 1.54) is 18.2 Å². The van der Waals surface area contributed by atoms with Gasteiger partial charge in [-0.15, -0.1) is 11.3 Å². The van der Waals surface area contributed by atoms with Crippen molar-refractivity contribution in [2.45, 2.75) is 42.4 Å². The average Bonchev–Trinajstić information content (AvgIpc) is 3.34. The Morgan fingerprint density at radius 2 is 1.65 bits per heavy atom. The van der Waals surface area contributed by atoms with Crippen molar-refractivity contribution in [2.75, 3.05) is 13.1 Å². The van der Waals surface area contributed by atoms with Crippen molar-refractivity contribution in [3.05, 3.63) is 87.3 Å². The van der Waals surface area contributed by atoms with Crippen LogP contribution < -0.4 is 10.0 Å². The molecule has 37 heavy (non-hydrogen) atoms. The van der Waals surface area contributed by atoms with Crippen LogP contribution in [-0.4, -0.2) is 38.4 Å². The zero-order valence-corrected chi connectivity index (χ0v) is 22.0. The van der Waals surface area contributed by atoms with E-state index in [0.717, 1.165) is 29.0 Å². The molecule has 6 nitrogen and oxygen atoms in total. The number of carbonyl (C=O) groups is 1. The van der Waals surface area contributed by atoms with Crippen LogP contribution in [0, 0.1) is 0 Å². The van der Waals surface area contributed by atoms with Crippen molar-refractivity contribution >= 4 is 38.9 Å². The summed E-state index contributed by atoms with van der Waals surface area (Å²) in [7, 11) is -3.71. The molecule has 1 aromatic heterocycles. The molecule has 1 saturated heterocycles. The molecule has 0 radical (unpaired) electrons. The van der Waals surface area contributed by atoms with Gasteiger partial charge in [-0.3, -0.25) is 9.69 Å². The highest BCUT2D eigenvalue weighted by molar-refractivity contribution is 7.91. The number of rotatable bonds is 8. The molecule has 0 bridgehead atoms. The van der Waals surface area contributed by atoms with Gasteiger partial charge < -0.3 is 5.32 Å². The number of benzene rings is 2. The van der Waals surface area contributed by atoms with Crippen molar-refractivity contribution in [3.8, 4) is 0 Å². The topological polar surface area (TPSA) is 78.5 Å². The lowest BCUT2D eigenvalue weighted by molar-refractivity contribution is -0.137. The zero-order chi connectivity index (χ0) is 26.6. The van der Waals surface area contributed by atoms with Gasteiger partial charge in [-0.1, -0.05) is 23.7 Å². The molecule has 2 N–H and O–H groups in total. The van der Waals surface area contributed by atoms with Crippen LogP contribution in [0.15, 0.2) is 64.9 Å². The molecule has 2 heterocycles. The minimum Gasteiger partial charge on any atom is -0.347 e. The zero-order valence-electron chi connectivity index (χ0n) is 19.6. The first-order chi connectivity index (χ1) is 17.5. The van der Waals surface area contributed by atoms with E-state index in [1.54, 1.807) is 30.3 Å². The van der Waals surface area contributed by atoms with Gasteiger partial charge in [0.25, 0.3) is 5.91 Å². The van der Waals surface area contributed by atoms with Crippen LogP contribution >= 0.6 is 22.9 Å². The molecule has 0 saturated carbocycles. The molecule has 2 aromatic carbocycles. The third-order valence-corrected chi connectivity index (χ3v) is 9.38. The normalized spacial score (nSPS) is 15.6. The Morgan fingerprint density at radius 1 is 1.00 bits per heavy atom. The van der Waals surface area contributed by atoms with Gasteiger partial charge in [-0.05, 0) is 66.9 Å². The lowest BCUT2D eigenvalue weighted by Crippen LogP contribution is -2.44. The van der Waals surface area contributed by atoms with E-state index in [0.29, 0.717) is 47.9 Å². The van der Waals surface area contributed by atoms with Gasteiger partial charge in [0, 0.05) is 41.1 Å². The molecule has 1 fully saturated rings. The molecule has 1 amide bonds.